The van der Waals surface area contributed by atoms with Gasteiger partial charge in [0.1, 0.15) is 0 Å². The number of hydrogen-bond acceptors (Lipinski definition) is 2. The zero-order chi connectivity index (χ0) is 23.9. The Morgan fingerprint density at radius 3 is 1.83 bits per heavy atom. The molecule has 1 N–H and O–H groups in total. The van der Waals surface area contributed by atoms with Gasteiger partial charge in [-0.1, -0.05) is 90.5 Å². The zero-order valence-electron chi connectivity index (χ0n) is 18.8. The largest absolute Gasteiger partial charge is 0.481 e. The molecule has 0 saturated heterocycles. The highest BCUT2D eigenvalue weighted by molar-refractivity contribution is 6.31. The predicted molar refractivity (Wildman–Crippen MR) is 146 cm³/mol. The minimum atomic E-state index is -0.884. The number of hydrogen-bond donors (Lipinski definition) is 1. The first-order valence-corrected chi connectivity index (χ1v) is 12.0. The van der Waals surface area contributed by atoms with E-state index in [4.69, 9.17) is 11.6 Å². The van der Waals surface area contributed by atoms with Crippen LogP contribution >= 0.6 is 11.6 Å². The molecule has 35 heavy (non-hydrogen) atoms. The Labute approximate surface area is 208 Å². The SMILES string of the molecule is O=C(O)C1C=CC(Cl)=CC1N(c1ccccc1)c1ccc2c3ccccc3c3ccccc3c2c1. The topological polar surface area (TPSA) is 40.5 Å². The fraction of sp³-hybridized carbons (Fsp3) is 0.0645. The van der Waals surface area contributed by atoms with Crippen molar-refractivity contribution in [1.82, 2.24) is 0 Å². The smallest absolute Gasteiger partial charge is 0.312 e. The van der Waals surface area contributed by atoms with E-state index in [1.54, 1.807) is 12.2 Å². The maximum atomic E-state index is 12.2. The molecular formula is C31H22ClNO2. The summed E-state index contributed by atoms with van der Waals surface area (Å²) in [6.07, 6.45) is 5.17. The summed E-state index contributed by atoms with van der Waals surface area (Å²) in [6, 6.07) is 32.7. The lowest BCUT2D eigenvalue weighted by atomic mass is 9.91. The minimum Gasteiger partial charge on any atom is -0.481 e. The van der Waals surface area contributed by atoms with Crippen LogP contribution in [0.4, 0.5) is 11.4 Å². The van der Waals surface area contributed by atoms with E-state index in [2.05, 4.69) is 71.6 Å². The summed E-state index contributed by atoms with van der Waals surface area (Å²) in [7, 11) is 0. The van der Waals surface area contributed by atoms with Crippen molar-refractivity contribution in [3.05, 3.63) is 120 Å². The Bertz CT molecular complexity index is 1620. The molecule has 5 aromatic rings. The summed E-state index contributed by atoms with van der Waals surface area (Å²) in [5.41, 5.74) is 1.82. The summed E-state index contributed by atoms with van der Waals surface area (Å²) in [5.74, 6) is -1.62. The lowest BCUT2D eigenvalue weighted by molar-refractivity contribution is -0.140. The van der Waals surface area contributed by atoms with Crippen molar-refractivity contribution >= 4 is 61.3 Å². The Hall–Kier alpha value is -4.08. The van der Waals surface area contributed by atoms with Crippen LogP contribution in [0.1, 0.15) is 0 Å². The number of halogens is 1. The Kier molecular flexibility index (Phi) is 5.28. The van der Waals surface area contributed by atoms with Crippen LogP contribution in [0.25, 0.3) is 32.3 Å². The van der Waals surface area contributed by atoms with Gasteiger partial charge in [0.15, 0.2) is 0 Å². The maximum absolute atomic E-state index is 12.2. The van der Waals surface area contributed by atoms with Crippen LogP contribution in [0.5, 0.6) is 0 Å². The summed E-state index contributed by atoms with van der Waals surface area (Å²) in [6.45, 7) is 0. The second kappa shape index (κ2) is 8.61. The van der Waals surface area contributed by atoms with Crippen LogP contribution in [0.3, 0.4) is 0 Å². The second-order valence-corrected chi connectivity index (χ2v) is 9.23. The van der Waals surface area contributed by atoms with E-state index in [1.807, 2.05) is 36.4 Å². The highest BCUT2D eigenvalue weighted by Gasteiger charge is 2.33. The molecule has 170 valence electrons. The molecule has 0 radical (unpaired) electrons. The normalized spacial score (nSPS) is 17.6. The highest BCUT2D eigenvalue weighted by atomic mass is 35.5. The third-order valence-electron chi connectivity index (χ3n) is 6.78. The standard InChI is InChI=1S/C31H22ClNO2/c32-20-14-16-28(31(34)35)30(18-20)33(21-8-2-1-3-9-21)22-15-17-27-25-12-5-4-10-23(25)24-11-6-7-13-26(24)29(27)19-22/h1-19,28,30H,(H,34,35). The number of benzene rings is 5. The number of carbonyl (C=O) groups is 1. The van der Waals surface area contributed by atoms with Gasteiger partial charge in [-0.15, -0.1) is 0 Å². The fourth-order valence-corrected chi connectivity index (χ4v) is 5.42. The molecule has 0 fully saturated rings. The average Bonchev–Trinajstić information content (AvgIpc) is 2.89. The molecule has 0 aliphatic heterocycles. The molecular weight excluding hydrogens is 454 g/mol. The van der Waals surface area contributed by atoms with Gasteiger partial charge in [-0.05, 0) is 68.7 Å². The molecule has 1 aliphatic rings. The van der Waals surface area contributed by atoms with Gasteiger partial charge in [0.2, 0.25) is 0 Å². The number of para-hydroxylation sites is 1. The molecule has 4 heteroatoms. The van der Waals surface area contributed by atoms with Crippen LogP contribution < -0.4 is 4.90 Å². The van der Waals surface area contributed by atoms with Crippen LogP contribution in [0.15, 0.2) is 120 Å². The van der Waals surface area contributed by atoms with Crippen molar-refractivity contribution in [2.45, 2.75) is 6.04 Å². The van der Waals surface area contributed by atoms with Gasteiger partial charge in [-0.3, -0.25) is 4.79 Å². The van der Waals surface area contributed by atoms with Crippen molar-refractivity contribution in [2.24, 2.45) is 5.92 Å². The van der Waals surface area contributed by atoms with Gasteiger partial charge in [-0.2, -0.15) is 0 Å². The monoisotopic (exact) mass is 475 g/mol. The first-order valence-electron chi connectivity index (χ1n) is 11.6. The number of aliphatic carboxylic acids is 1. The maximum Gasteiger partial charge on any atom is 0.312 e. The van der Waals surface area contributed by atoms with Gasteiger partial charge in [0.05, 0.1) is 12.0 Å². The van der Waals surface area contributed by atoms with Crippen LogP contribution in [-0.4, -0.2) is 17.1 Å². The zero-order valence-corrected chi connectivity index (χ0v) is 19.6. The van der Waals surface area contributed by atoms with Crippen molar-refractivity contribution in [3.8, 4) is 0 Å². The van der Waals surface area contributed by atoms with E-state index >= 15 is 0 Å². The summed E-state index contributed by atoms with van der Waals surface area (Å²) in [4.78, 5) is 14.3. The summed E-state index contributed by atoms with van der Waals surface area (Å²) < 4.78 is 0. The lowest BCUT2D eigenvalue weighted by Crippen LogP contribution is -2.40. The molecule has 0 bridgehead atoms. The summed E-state index contributed by atoms with van der Waals surface area (Å²) in [5, 5.41) is 17.6. The molecule has 0 amide bonds. The quantitative estimate of drug-likeness (QED) is 0.267. The van der Waals surface area contributed by atoms with Gasteiger partial charge in [0, 0.05) is 16.4 Å². The number of anilines is 2. The average molecular weight is 476 g/mol. The molecule has 0 spiro atoms. The second-order valence-electron chi connectivity index (χ2n) is 8.79. The van der Waals surface area contributed by atoms with Crippen molar-refractivity contribution in [1.29, 1.82) is 0 Å². The summed E-state index contributed by atoms with van der Waals surface area (Å²) >= 11 is 6.39. The number of nitrogens with zero attached hydrogens (tertiary/aromatic N) is 1. The third-order valence-corrected chi connectivity index (χ3v) is 7.04. The number of fused-ring (bicyclic) bond motifs is 6. The number of carboxylic acids is 1. The number of rotatable bonds is 4. The highest BCUT2D eigenvalue weighted by Crippen LogP contribution is 2.40. The Morgan fingerprint density at radius 1 is 0.686 bits per heavy atom. The van der Waals surface area contributed by atoms with Crippen molar-refractivity contribution in [2.75, 3.05) is 4.90 Å². The van der Waals surface area contributed by atoms with Gasteiger partial charge in [0.25, 0.3) is 0 Å². The lowest BCUT2D eigenvalue weighted by Gasteiger charge is -2.36. The van der Waals surface area contributed by atoms with Crippen molar-refractivity contribution < 1.29 is 9.90 Å². The number of carboxylic acid groups (broad SMARTS) is 1. The number of allylic oxidation sites excluding steroid dienone is 2. The molecule has 6 rings (SSSR count). The molecule has 2 atom stereocenters. The van der Waals surface area contributed by atoms with Gasteiger partial charge < -0.3 is 10.0 Å². The molecule has 5 aromatic carbocycles. The first-order chi connectivity index (χ1) is 17.1. The van der Waals surface area contributed by atoms with E-state index in [0.29, 0.717) is 5.03 Å². The molecule has 0 heterocycles. The van der Waals surface area contributed by atoms with Gasteiger partial charge in [-0.25, -0.2) is 0 Å². The molecule has 1 aliphatic carbocycles. The molecule has 3 nitrogen and oxygen atoms in total. The predicted octanol–water partition coefficient (Wildman–Crippen LogP) is 8.05. The molecule has 2 unspecified atom stereocenters. The molecule has 0 aromatic heterocycles. The van der Waals surface area contributed by atoms with Crippen LogP contribution in [-0.2, 0) is 4.79 Å². The Morgan fingerprint density at radius 2 is 1.23 bits per heavy atom. The minimum absolute atomic E-state index is 0.475. The van der Waals surface area contributed by atoms with E-state index in [0.717, 1.165) is 16.8 Å². The van der Waals surface area contributed by atoms with E-state index in [-0.39, 0.29) is 0 Å². The van der Waals surface area contributed by atoms with Crippen molar-refractivity contribution in [3.63, 3.8) is 0 Å². The van der Waals surface area contributed by atoms with E-state index in [1.165, 1.54) is 26.9 Å². The first kappa shape index (κ1) is 21.5. The van der Waals surface area contributed by atoms with Crippen LogP contribution in [0, 0.1) is 5.92 Å². The molecule has 0 saturated carbocycles. The fourth-order valence-electron chi connectivity index (χ4n) is 5.22. The van der Waals surface area contributed by atoms with E-state index < -0.39 is 17.9 Å². The Balaban J connectivity index is 1.64. The van der Waals surface area contributed by atoms with Gasteiger partial charge >= 0.3 is 5.97 Å². The van der Waals surface area contributed by atoms with Crippen LogP contribution in [0.2, 0.25) is 0 Å². The third kappa shape index (κ3) is 3.65. The van der Waals surface area contributed by atoms with E-state index in [9.17, 15) is 9.90 Å².